The molecule has 10 nitrogen and oxygen atoms in total. The summed E-state index contributed by atoms with van der Waals surface area (Å²) in [6.45, 7) is -0.0720. The fourth-order valence-electron chi connectivity index (χ4n) is 2.32. The van der Waals surface area contributed by atoms with Crippen molar-refractivity contribution in [3.05, 3.63) is 41.2 Å². The zero-order valence-corrected chi connectivity index (χ0v) is 14.0. The van der Waals surface area contributed by atoms with Gasteiger partial charge in [-0.15, -0.1) is 5.10 Å². The van der Waals surface area contributed by atoms with Gasteiger partial charge >= 0.3 is 0 Å². The Balaban J connectivity index is 1.73. The molecule has 140 valence electrons. The number of hydrogen-bond donors (Lipinski definition) is 4. The van der Waals surface area contributed by atoms with Gasteiger partial charge in [0.25, 0.3) is 5.91 Å². The molecule has 3 aromatic rings. The van der Waals surface area contributed by atoms with Crippen LogP contribution in [0.3, 0.4) is 0 Å². The van der Waals surface area contributed by atoms with E-state index in [1.54, 1.807) is 0 Å². The molecular formula is C16H16FN7O3. The molecule has 0 atom stereocenters. The van der Waals surface area contributed by atoms with Crippen LogP contribution in [0.1, 0.15) is 22.3 Å². The minimum Gasteiger partial charge on any atom is -0.486 e. The van der Waals surface area contributed by atoms with E-state index in [1.165, 1.54) is 18.2 Å². The van der Waals surface area contributed by atoms with Crippen LogP contribution >= 0.6 is 0 Å². The zero-order chi connectivity index (χ0) is 19.4. The van der Waals surface area contributed by atoms with Crippen LogP contribution in [-0.2, 0) is 11.4 Å². The first kappa shape index (κ1) is 18.0. The SMILES string of the molecule is NC(=O)CCNC(=O)c1ccc(F)c(COc2cc(N)nc3n[nH]nc23)c1. The number of rotatable bonds is 7. The van der Waals surface area contributed by atoms with Gasteiger partial charge in [0.15, 0.2) is 11.3 Å². The third kappa shape index (κ3) is 4.26. The van der Waals surface area contributed by atoms with E-state index in [0.29, 0.717) is 5.52 Å². The summed E-state index contributed by atoms with van der Waals surface area (Å²) in [5.74, 6) is -1.07. The monoisotopic (exact) mass is 373 g/mol. The maximum atomic E-state index is 14.1. The summed E-state index contributed by atoms with van der Waals surface area (Å²) in [5.41, 5.74) is 11.7. The lowest BCUT2D eigenvalue weighted by Crippen LogP contribution is -2.28. The summed E-state index contributed by atoms with van der Waals surface area (Å²) in [4.78, 5) is 26.8. The highest BCUT2D eigenvalue weighted by Crippen LogP contribution is 2.24. The Kier molecular flexibility index (Phi) is 5.11. The summed E-state index contributed by atoms with van der Waals surface area (Å²) < 4.78 is 19.7. The van der Waals surface area contributed by atoms with Gasteiger partial charge in [-0.3, -0.25) is 9.59 Å². The predicted octanol–water partition coefficient (Wildman–Crippen LogP) is 0.258. The Morgan fingerprint density at radius 2 is 2.07 bits per heavy atom. The Labute approximate surface area is 152 Å². The number of aromatic nitrogens is 4. The number of carbonyl (C=O) groups is 2. The Bertz CT molecular complexity index is 1000. The Morgan fingerprint density at radius 1 is 1.26 bits per heavy atom. The number of hydrogen-bond acceptors (Lipinski definition) is 7. The number of amides is 2. The lowest BCUT2D eigenvalue weighted by molar-refractivity contribution is -0.117. The number of ether oxygens (including phenoxy) is 1. The van der Waals surface area contributed by atoms with Gasteiger partial charge in [-0.25, -0.2) is 9.37 Å². The van der Waals surface area contributed by atoms with Crippen LogP contribution < -0.4 is 21.5 Å². The zero-order valence-electron chi connectivity index (χ0n) is 14.0. The average molecular weight is 373 g/mol. The van der Waals surface area contributed by atoms with Crippen LogP contribution in [0.15, 0.2) is 24.3 Å². The molecule has 0 aliphatic heterocycles. The molecule has 0 aliphatic carbocycles. The number of carbonyl (C=O) groups excluding carboxylic acids is 2. The molecular weight excluding hydrogens is 357 g/mol. The van der Waals surface area contributed by atoms with Crippen molar-refractivity contribution in [1.82, 2.24) is 25.7 Å². The van der Waals surface area contributed by atoms with Gasteiger partial charge < -0.3 is 21.5 Å². The first-order chi connectivity index (χ1) is 12.9. The number of nitrogens with one attached hydrogen (secondary N) is 2. The summed E-state index contributed by atoms with van der Waals surface area (Å²) in [6.07, 6.45) is 0.0140. The molecule has 11 heteroatoms. The predicted molar refractivity (Wildman–Crippen MR) is 93.0 cm³/mol. The van der Waals surface area contributed by atoms with Gasteiger partial charge in [-0.05, 0) is 18.2 Å². The van der Waals surface area contributed by atoms with E-state index < -0.39 is 17.6 Å². The van der Waals surface area contributed by atoms with Crippen molar-refractivity contribution in [2.45, 2.75) is 13.0 Å². The van der Waals surface area contributed by atoms with Crippen molar-refractivity contribution >= 4 is 28.8 Å². The van der Waals surface area contributed by atoms with Gasteiger partial charge in [-0.2, -0.15) is 10.3 Å². The summed E-state index contributed by atoms with van der Waals surface area (Å²) in [6, 6.07) is 5.30. The Hall–Kier alpha value is -3.76. The summed E-state index contributed by atoms with van der Waals surface area (Å²) in [7, 11) is 0. The third-order valence-corrected chi connectivity index (χ3v) is 3.62. The van der Waals surface area contributed by atoms with Gasteiger partial charge in [0.2, 0.25) is 11.6 Å². The third-order valence-electron chi connectivity index (χ3n) is 3.62. The fourth-order valence-corrected chi connectivity index (χ4v) is 2.32. The van der Waals surface area contributed by atoms with Crippen molar-refractivity contribution in [1.29, 1.82) is 0 Å². The molecule has 3 rings (SSSR count). The minimum atomic E-state index is -0.540. The lowest BCUT2D eigenvalue weighted by Gasteiger charge is -2.10. The second-order valence-electron chi connectivity index (χ2n) is 5.61. The maximum Gasteiger partial charge on any atom is 0.251 e. The molecule has 0 bridgehead atoms. The van der Waals surface area contributed by atoms with Crippen molar-refractivity contribution in [3.8, 4) is 5.75 Å². The van der Waals surface area contributed by atoms with E-state index >= 15 is 0 Å². The fraction of sp³-hybridized carbons (Fsp3) is 0.188. The van der Waals surface area contributed by atoms with Crippen LogP contribution in [0, 0.1) is 5.82 Å². The standard InChI is InChI=1S/C16H16FN7O3/c17-10-2-1-8(16(26)20-4-3-13(19)25)5-9(10)7-27-11-6-12(18)21-15-14(11)22-24-23-15/h1-2,5-6H,3-4,7H2,(H2,19,25)(H,20,26)(H3,18,21,22,23,24). The number of nitrogens with zero attached hydrogens (tertiary/aromatic N) is 3. The molecule has 0 spiro atoms. The number of fused-ring (bicyclic) bond motifs is 1. The number of primary amides is 1. The summed E-state index contributed by atoms with van der Waals surface area (Å²) >= 11 is 0. The smallest absolute Gasteiger partial charge is 0.251 e. The molecule has 0 radical (unpaired) electrons. The molecule has 0 aliphatic rings. The number of anilines is 1. The summed E-state index contributed by atoms with van der Waals surface area (Å²) in [5, 5.41) is 12.7. The van der Waals surface area contributed by atoms with Crippen LogP contribution in [0.4, 0.5) is 10.2 Å². The maximum absolute atomic E-state index is 14.1. The van der Waals surface area contributed by atoms with E-state index in [-0.39, 0.29) is 47.9 Å². The minimum absolute atomic E-state index is 0.0140. The molecule has 27 heavy (non-hydrogen) atoms. The number of nitrogen functional groups attached to an aromatic ring is 1. The number of H-pyrrole nitrogens is 1. The molecule has 1 aromatic carbocycles. The molecule has 0 fully saturated rings. The highest BCUT2D eigenvalue weighted by molar-refractivity contribution is 5.94. The first-order valence-corrected chi connectivity index (χ1v) is 7.89. The van der Waals surface area contributed by atoms with Crippen LogP contribution in [0.2, 0.25) is 0 Å². The number of halogens is 1. The first-order valence-electron chi connectivity index (χ1n) is 7.89. The largest absolute Gasteiger partial charge is 0.486 e. The van der Waals surface area contributed by atoms with E-state index in [4.69, 9.17) is 16.2 Å². The van der Waals surface area contributed by atoms with Crippen molar-refractivity contribution < 1.29 is 18.7 Å². The highest BCUT2D eigenvalue weighted by atomic mass is 19.1. The van der Waals surface area contributed by atoms with Crippen LogP contribution in [0.25, 0.3) is 11.2 Å². The van der Waals surface area contributed by atoms with E-state index in [2.05, 4.69) is 25.7 Å². The number of nitrogens with two attached hydrogens (primary N) is 2. The molecule has 6 N–H and O–H groups in total. The number of aromatic amines is 1. The molecule has 0 saturated heterocycles. The van der Waals surface area contributed by atoms with Crippen LogP contribution in [0.5, 0.6) is 5.75 Å². The normalized spacial score (nSPS) is 10.7. The van der Waals surface area contributed by atoms with Crippen LogP contribution in [-0.4, -0.2) is 38.8 Å². The van der Waals surface area contributed by atoms with Gasteiger partial charge in [-0.1, -0.05) is 0 Å². The molecule has 0 unspecified atom stereocenters. The number of benzene rings is 1. The lowest BCUT2D eigenvalue weighted by atomic mass is 10.1. The van der Waals surface area contributed by atoms with Crippen molar-refractivity contribution in [2.75, 3.05) is 12.3 Å². The molecule has 2 heterocycles. The molecule has 0 saturated carbocycles. The quantitative estimate of drug-likeness (QED) is 0.461. The van der Waals surface area contributed by atoms with E-state index in [9.17, 15) is 14.0 Å². The highest BCUT2D eigenvalue weighted by Gasteiger charge is 2.13. The van der Waals surface area contributed by atoms with E-state index in [1.807, 2.05) is 0 Å². The number of pyridine rings is 1. The van der Waals surface area contributed by atoms with E-state index in [0.717, 1.165) is 6.07 Å². The van der Waals surface area contributed by atoms with Crippen molar-refractivity contribution in [3.63, 3.8) is 0 Å². The van der Waals surface area contributed by atoms with Gasteiger partial charge in [0, 0.05) is 30.2 Å². The van der Waals surface area contributed by atoms with Gasteiger partial charge in [0.1, 0.15) is 18.2 Å². The van der Waals surface area contributed by atoms with Gasteiger partial charge in [0.05, 0.1) is 0 Å². The second-order valence-corrected chi connectivity index (χ2v) is 5.61. The molecule has 2 aromatic heterocycles. The molecule has 2 amide bonds. The Morgan fingerprint density at radius 3 is 2.85 bits per heavy atom. The van der Waals surface area contributed by atoms with Crippen molar-refractivity contribution in [2.24, 2.45) is 5.73 Å². The average Bonchev–Trinajstić information content (AvgIpc) is 3.08. The second kappa shape index (κ2) is 7.64. The topological polar surface area (TPSA) is 162 Å².